The highest BCUT2D eigenvalue weighted by Gasteiger charge is 2.33. The first kappa shape index (κ1) is 14.1. The molecule has 20 heavy (non-hydrogen) atoms. The maximum Gasteiger partial charge on any atom is 0.433 e. The van der Waals surface area contributed by atoms with Gasteiger partial charge in [0.2, 0.25) is 5.95 Å². The van der Waals surface area contributed by atoms with Crippen molar-refractivity contribution >= 4 is 11.8 Å². The molecule has 0 fully saturated rings. The van der Waals surface area contributed by atoms with Crippen LogP contribution >= 0.6 is 0 Å². The van der Waals surface area contributed by atoms with Gasteiger partial charge >= 0.3 is 6.18 Å². The van der Waals surface area contributed by atoms with Crippen molar-refractivity contribution in [1.29, 1.82) is 0 Å². The van der Waals surface area contributed by atoms with E-state index in [1.54, 1.807) is 24.0 Å². The van der Waals surface area contributed by atoms with Gasteiger partial charge in [-0.1, -0.05) is 0 Å². The maximum absolute atomic E-state index is 12.7. The Morgan fingerprint density at radius 3 is 2.60 bits per heavy atom. The molecule has 0 bridgehead atoms. The highest BCUT2D eigenvalue weighted by atomic mass is 19.4. The van der Waals surface area contributed by atoms with Crippen molar-refractivity contribution < 1.29 is 13.2 Å². The zero-order valence-electron chi connectivity index (χ0n) is 10.9. The van der Waals surface area contributed by atoms with Crippen molar-refractivity contribution in [2.75, 3.05) is 17.7 Å². The van der Waals surface area contributed by atoms with E-state index >= 15 is 0 Å². The molecule has 2 rings (SSSR count). The molecule has 0 aromatic carbocycles. The number of aryl methyl sites for hydroxylation is 1. The van der Waals surface area contributed by atoms with Crippen molar-refractivity contribution in [2.24, 2.45) is 7.05 Å². The van der Waals surface area contributed by atoms with Gasteiger partial charge in [-0.3, -0.25) is 0 Å². The number of anilines is 2. The monoisotopic (exact) mass is 286 g/mol. The van der Waals surface area contributed by atoms with Crippen molar-refractivity contribution in [3.8, 4) is 0 Å². The lowest BCUT2D eigenvalue weighted by atomic mass is 10.3. The van der Waals surface area contributed by atoms with Gasteiger partial charge in [-0.25, -0.2) is 9.97 Å². The molecule has 0 aliphatic rings. The molecule has 2 heterocycles. The molecule has 2 aromatic heterocycles. The van der Waals surface area contributed by atoms with Gasteiger partial charge in [0.1, 0.15) is 11.6 Å². The zero-order chi connectivity index (χ0) is 14.8. The van der Waals surface area contributed by atoms with Crippen LogP contribution in [0.5, 0.6) is 0 Å². The van der Waals surface area contributed by atoms with Gasteiger partial charge in [-0.2, -0.15) is 18.2 Å². The summed E-state index contributed by atoms with van der Waals surface area (Å²) in [5.41, 5.74) is -1.00. The smallest absolute Gasteiger partial charge is 0.363 e. The predicted molar refractivity (Wildman–Crippen MR) is 67.1 cm³/mol. The van der Waals surface area contributed by atoms with E-state index in [1.165, 1.54) is 7.05 Å². The topological polar surface area (TPSA) is 67.7 Å². The Labute approximate surface area is 113 Å². The lowest BCUT2D eigenvalue weighted by molar-refractivity contribution is -0.141. The molecule has 0 aliphatic carbocycles. The molecular formula is C11H13F3N6. The highest BCUT2D eigenvalue weighted by Crippen LogP contribution is 2.29. The third kappa shape index (κ3) is 3.16. The van der Waals surface area contributed by atoms with Crippen molar-refractivity contribution in [1.82, 2.24) is 19.5 Å². The van der Waals surface area contributed by atoms with E-state index in [0.29, 0.717) is 5.82 Å². The molecule has 0 unspecified atom stereocenters. The Morgan fingerprint density at radius 1 is 1.30 bits per heavy atom. The molecule has 0 saturated carbocycles. The average Bonchev–Trinajstić information content (AvgIpc) is 2.80. The van der Waals surface area contributed by atoms with Crippen molar-refractivity contribution in [3.63, 3.8) is 0 Å². The first-order chi connectivity index (χ1) is 9.40. The first-order valence-corrected chi connectivity index (χ1v) is 5.74. The van der Waals surface area contributed by atoms with Crippen LogP contribution in [0.1, 0.15) is 11.5 Å². The standard InChI is InChI=1S/C11H13F3N6/c1-15-10-18-7(11(12,13)14)5-8(19-10)17-6-9-16-3-4-20(9)2/h3-5H,6H2,1-2H3,(H2,15,17,18,19). The summed E-state index contributed by atoms with van der Waals surface area (Å²) in [6.07, 6.45) is -1.16. The Kier molecular flexibility index (Phi) is 3.77. The molecule has 9 heteroatoms. The van der Waals surface area contributed by atoms with Gasteiger partial charge in [0, 0.05) is 32.6 Å². The molecule has 0 radical (unpaired) electrons. The number of rotatable bonds is 4. The minimum Gasteiger partial charge on any atom is -0.363 e. The SMILES string of the molecule is CNc1nc(NCc2nccn2C)cc(C(F)(F)F)n1. The van der Waals surface area contributed by atoms with Crippen molar-refractivity contribution in [3.05, 3.63) is 30.0 Å². The van der Waals surface area contributed by atoms with Crippen molar-refractivity contribution in [2.45, 2.75) is 12.7 Å². The fraction of sp³-hybridized carbons (Fsp3) is 0.364. The highest BCUT2D eigenvalue weighted by molar-refractivity contribution is 5.42. The van der Waals surface area contributed by atoms with E-state index in [1.807, 2.05) is 0 Å². The summed E-state index contributed by atoms with van der Waals surface area (Å²) in [6.45, 7) is 0.265. The Morgan fingerprint density at radius 2 is 2.05 bits per heavy atom. The Hall–Kier alpha value is -2.32. The Bertz CT molecular complexity index is 592. The summed E-state index contributed by atoms with van der Waals surface area (Å²) in [6, 6.07) is 0.865. The number of hydrogen-bond acceptors (Lipinski definition) is 5. The van der Waals surface area contributed by atoms with E-state index in [-0.39, 0.29) is 18.3 Å². The molecular weight excluding hydrogens is 273 g/mol. The Balaban J connectivity index is 2.21. The van der Waals surface area contributed by atoms with Gasteiger partial charge in [0.15, 0.2) is 5.69 Å². The van der Waals surface area contributed by atoms with E-state index in [9.17, 15) is 13.2 Å². The lowest BCUT2D eigenvalue weighted by Gasteiger charge is -2.11. The summed E-state index contributed by atoms with van der Waals surface area (Å²) in [4.78, 5) is 11.4. The predicted octanol–water partition coefficient (Wildman–Crippen LogP) is 1.88. The maximum atomic E-state index is 12.7. The quantitative estimate of drug-likeness (QED) is 0.898. The van der Waals surface area contributed by atoms with Gasteiger partial charge < -0.3 is 15.2 Å². The molecule has 0 aliphatic heterocycles. The summed E-state index contributed by atoms with van der Waals surface area (Å²) < 4.78 is 39.9. The number of halogens is 3. The summed E-state index contributed by atoms with van der Waals surface area (Å²) in [5.74, 6) is 0.671. The van der Waals surface area contributed by atoms with Crippen LogP contribution in [-0.4, -0.2) is 26.6 Å². The normalized spacial score (nSPS) is 11.4. The number of aromatic nitrogens is 4. The number of nitrogens with zero attached hydrogens (tertiary/aromatic N) is 4. The van der Waals surface area contributed by atoms with Crippen LogP contribution in [0.4, 0.5) is 24.9 Å². The van der Waals surface area contributed by atoms with E-state index in [2.05, 4.69) is 25.6 Å². The zero-order valence-corrected chi connectivity index (χ0v) is 10.9. The van der Waals surface area contributed by atoms with E-state index in [4.69, 9.17) is 0 Å². The lowest BCUT2D eigenvalue weighted by Crippen LogP contribution is -2.13. The molecule has 2 N–H and O–H groups in total. The van der Waals surface area contributed by atoms with Gasteiger partial charge in [0.05, 0.1) is 6.54 Å². The van der Waals surface area contributed by atoms with E-state index < -0.39 is 11.9 Å². The number of alkyl halides is 3. The molecule has 0 spiro atoms. The number of imidazole rings is 1. The van der Waals surface area contributed by atoms with Crippen LogP contribution in [0, 0.1) is 0 Å². The minimum atomic E-state index is -4.52. The summed E-state index contributed by atoms with van der Waals surface area (Å²) in [7, 11) is 3.25. The van der Waals surface area contributed by atoms with Crippen LogP contribution in [0.25, 0.3) is 0 Å². The molecule has 0 amide bonds. The van der Waals surface area contributed by atoms with Gasteiger partial charge in [-0.05, 0) is 0 Å². The third-order valence-electron chi connectivity index (χ3n) is 2.59. The largest absolute Gasteiger partial charge is 0.433 e. The van der Waals surface area contributed by atoms with Gasteiger partial charge in [-0.15, -0.1) is 0 Å². The fourth-order valence-corrected chi connectivity index (χ4v) is 1.53. The van der Waals surface area contributed by atoms with Crippen LogP contribution < -0.4 is 10.6 Å². The number of nitrogens with one attached hydrogen (secondary N) is 2. The molecule has 6 nitrogen and oxygen atoms in total. The second kappa shape index (κ2) is 5.35. The second-order valence-electron chi connectivity index (χ2n) is 4.02. The summed E-state index contributed by atoms with van der Waals surface area (Å²) in [5, 5.41) is 5.30. The minimum absolute atomic E-state index is 0.0830. The fourth-order valence-electron chi connectivity index (χ4n) is 1.53. The molecule has 108 valence electrons. The molecule has 0 saturated heterocycles. The third-order valence-corrected chi connectivity index (χ3v) is 2.59. The summed E-state index contributed by atoms with van der Waals surface area (Å²) >= 11 is 0. The molecule has 0 atom stereocenters. The second-order valence-corrected chi connectivity index (χ2v) is 4.02. The number of hydrogen-bond donors (Lipinski definition) is 2. The van der Waals surface area contributed by atoms with Crippen LogP contribution in [0.2, 0.25) is 0 Å². The van der Waals surface area contributed by atoms with Crippen LogP contribution in [0.15, 0.2) is 18.5 Å². The molecule has 2 aromatic rings. The van der Waals surface area contributed by atoms with Crippen LogP contribution in [0.3, 0.4) is 0 Å². The first-order valence-electron chi connectivity index (χ1n) is 5.74. The van der Waals surface area contributed by atoms with E-state index in [0.717, 1.165) is 6.07 Å². The van der Waals surface area contributed by atoms with Crippen LogP contribution in [-0.2, 0) is 19.8 Å². The average molecular weight is 286 g/mol. The van der Waals surface area contributed by atoms with Gasteiger partial charge in [0.25, 0.3) is 0 Å².